The van der Waals surface area contributed by atoms with Gasteiger partial charge in [0.05, 0.1) is 4.47 Å². The van der Waals surface area contributed by atoms with Crippen LogP contribution >= 0.6 is 15.9 Å². The van der Waals surface area contributed by atoms with Crippen LogP contribution in [0.1, 0.15) is 50.7 Å². The van der Waals surface area contributed by atoms with Gasteiger partial charge in [-0.15, -0.1) is 0 Å². The van der Waals surface area contributed by atoms with Crippen LogP contribution in [0.4, 0.5) is 0 Å². The number of rotatable bonds is 2. The Kier molecular flexibility index (Phi) is 3.66. The fourth-order valence-corrected chi connectivity index (χ4v) is 2.54. The molecule has 0 unspecified atom stereocenters. The summed E-state index contributed by atoms with van der Waals surface area (Å²) in [4.78, 5) is 0. The minimum Gasteiger partial charge on any atom is -0.508 e. The van der Waals surface area contributed by atoms with Gasteiger partial charge >= 0.3 is 0 Å². The van der Waals surface area contributed by atoms with Crippen LogP contribution in [0.3, 0.4) is 0 Å². The maximum absolute atomic E-state index is 9.96. The molecule has 0 bridgehead atoms. The zero-order chi connectivity index (χ0) is 11.7. The Morgan fingerprint density at radius 3 is 2.00 bits per heavy atom. The topological polar surface area (TPSA) is 40.5 Å². The molecule has 0 heterocycles. The van der Waals surface area contributed by atoms with E-state index in [1.54, 1.807) is 6.07 Å². The molecular weight excluding hydrogens is 256 g/mol. The summed E-state index contributed by atoms with van der Waals surface area (Å²) in [6, 6.07) is 1.65. The molecule has 0 aliphatic carbocycles. The normalized spacial score (nSPS) is 11.4. The molecule has 0 saturated heterocycles. The molecular formula is C12H17BrO2. The Morgan fingerprint density at radius 1 is 1.07 bits per heavy atom. The summed E-state index contributed by atoms with van der Waals surface area (Å²) in [7, 11) is 0. The highest BCUT2D eigenvalue weighted by Gasteiger charge is 2.19. The zero-order valence-electron chi connectivity index (χ0n) is 9.50. The minimum atomic E-state index is 0.173. The van der Waals surface area contributed by atoms with E-state index < -0.39 is 0 Å². The summed E-state index contributed by atoms with van der Waals surface area (Å²) in [6.07, 6.45) is 0. The molecule has 2 nitrogen and oxygen atoms in total. The van der Waals surface area contributed by atoms with E-state index in [2.05, 4.69) is 15.9 Å². The standard InChI is InChI=1S/C12H17BrO2/c1-6(2)8-5-9(14)10(7(3)4)11(13)12(8)15/h5-7,14-15H,1-4H3. The first kappa shape index (κ1) is 12.4. The van der Waals surface area contributed by atoms with Gasteiger partial charge in [0, 0.05) is 11.1 Å². The van der Waals surface area contributed by atoms with Gasteiger partial charge in [0.25, 0.3) is 0 Å². The van der Waals surface area contributed by atoms with Gasteiger partial charge in [0.1, 0.15) is 11.5 Å². The summed E-state index contributed by atoms with van der Waals surface area (Å²) in [5.41, 5.74) is 1.53. The van der Waals surface area contributed by atoms with Crippen molar-refractivity contribution in [3.63, 3.8) is 0 Å². The van der Waals surface area contributed by atoms with E-state index in [0.717, 1.165) is 11.1 Å². The van der Waals surface area contributed by atoms with Crippen LogP contribution in [0, 0.1) is 0 Å². The van der Waals surface area contributed by atoms with Gasteiger partial charge in [-0.1, -0.05) is 27.7 Å². The van der Waals surface area contributed by atoms with Crippen molar-refractivity contribution in [1.82, 2.24) is 0 Å². The Bertz CT molecular complexity index is 370. The molecule has 1 aromatic carbocycles. The molecule has 0 atom stereocenters. The summed E-state index contributed by atoms with van der Waals surface area (Å²) in [5.74, 6) is 0.852. The molecule has 0 amide bonds. The van der Waals surface area contributed by atoms with Crippen molar-refractivity contribution in [2.75, 3.05) is 0 Å². The SMILES string of the molecule is CC(C)c1cc(O)c(C(C)C)c(Br)c1O. The zero-order valence-corrected chi connectivity index (χ0v) is 11.1. The van der Waals surface area contributed by atoms with Crippen molar-refractivity contribution in [3.05, 3.63) is 21.7 Å². The van der Waals surface area contributed by atoms with Crippen LogP contribution in [0.2, 0.25) is 0 Å². The van der Waals surface area contributed by atoms with Gasteiger partial charge in [-0.25, -0.2) is 0 Å². The summed E-state index contributed by atoms with van der Waals surface area (Å²) in [6.45, 7) is 7.93. The van der Waals surface area contributed by atoms with E-state index in [0.29, 0.717) is 4.47 Å². The Balaban J connectivity index is 3.44. The largest absolute Gasteiger partial charge is 0.508 e. The van der Waals surface area contributed by atoms with Crippen molar-refractivity contribution >= 4 is 15.9 Å². The van der Waals surface area contributed by atoms with Gasteiger partial charge < -0.3 is 10.2 Å². The molecule has 1 aromatic rings. The van der Waals surface area contributed by atoms with E-state index in [4.69, 9.17) is 0 Å². The lowest BCUT2D eigenvalue weighted by Gasteiger charge is -2.17. The second-order valence-corrected chi connectivity index (χ2v) is 5.16. The van der Waals surface area contributed by atoms with E-state index >= 15 is 0 Å². The minimum absolute atomic E-state index is 0.173. The number of hydrogen-bond acceptors (Lipinski definition) is 2. The molecule has 3 heteroatoms. The predicted molar refractivity (Wildman–Crippen MR) is 65.6 cm³/mol. The van der Waals surface area contributed by atoms with E-state index in [9.17, 15) is 10.2 Å². The maximum Gasteiger partial charge on any atom is 0.133 e. The molecule has 0 aliphatic heterocycles. The average Bonchev–Trinajstić information content (AvgIpc) is 2.10. The number of hydrogen-bond donors (Lipinski definition) is 2. The molecule has 15 heavy (non-hydrogen) atoms. The van der Waals surface area contributed by atoms with Crippen LogP contribution in [0.5, 0.6) is 11.5 Å². The number of phenols is 2. The highest BCUT2D eigenvalue weighted by molar-refractivity contribution is 9.10. The highest BCUT2D eigenvalue weighted by Crippen LogP contribution is 2.43. The summed E-state index contributed by atoms with van der Waals surface area (Å²) < 4.78 is 0.612. The molecule has 0 radical (unpaired) electrons. The molecule has 0 saturated carbocycles. The van der Waals surface area contributed by atoms with Crippen LogP contribution in [-0.2, 0) is 0 Å². The summed E-state index contributed by atoms with van der Waals surface area (Å²) in [5, 5.41) is 19.8. The van der Waals surface area contributed by atoms with Gasteiger partial charge in [-0.3, -0.25) is 0 Å². The first-order valence-electron chi connectivity index (χ1n) is 5.10. The number of aromatic hydroxyl groups is 2. The van der Waals surface area contributed by atoms with Gasteiger partial charge in [0.15, 0.2) is 0 Å². The third-order valence-corrected chi connectivity index (χ3v) is 3.29. The lowest BCUT2D eigenvalue weighted by Crippen LogP contribution is -1.96. The second kappa shape index (κ2) is 4.44. The quantitative estimate of drug-likeness (QED) is 0.796. The lowest BCUT2D eigenvalue weighted by atomic mass is 9.95. The van der Waals surface area contributed by atoms with Crippen molar-refractivity contribution in [1.29, 1.82) is 0 Å². The molecule has 0 fully saturated rings. The predicted octanol–water partition coefficient (Wildman–Crippen LogP) is 4.11. The van der Waals surface area contributed by atoms with Gasteiger partial charge in [-0.2, -0.15) is 0 Å². The van der Waals surface area contributed by atoms with Crippen molar-refractivity contribution in [2.45, 2.75) is 39.5 Å². The molecule has 0 aromatic heterocycles. The van der Waals surface area contributed by atoms with E-state index in [1.165, 1.54) is 0 Å². The van der Waals surface area contributed by atoms with Crippen LogP contribution in [0.25, 0.3) is 0 Å². The maximum atomic E-state index is 9.96. The Hall–Kier alpha value is -0.700. The lowest BCUT2D eigenvalue weighted by molar-refractivity contribution is 0.440. The first-order chi connectivity index (χ1) is 6.86. The van der Waals surface area contributed by atoms with Crippen molar-refractivity contribution in [2.24, 2.45) is 0 Å². The van der Waals surface area contributed by atoms with Crippen molar-refractivity contribution in [3.8, 4) is 11.5 Å². The van der Waals surface area contributed by atoms with Crippen LogP contribution in [0.15, 0.2) is 10.5 Å². The van der Waals surface area contributed by atoms with Crippen molar-refractivity contribution < 1.29 is 10.2 Å². The third kappa shape index (κ3) is 2.28. The van der Waals surface area contributed by atoms with Crippen LogP contribution < -0.4 is 0 Å². The summed E-state index contributed by atoms with van der Waals surface area (Å²) >= 11 is 3.34. The Labute approximate surface area is 99.1 Å². The number of phenolic OH excluding ortho intramolecular Hbond substituents is 2. The third-order valence-electron chi connectivity index (χ3n) is 2.49. The highest BCUT2D eigenvalue weighted by atomic mass is 79.9. The fourth-order valence-electron chi connectivity index (χ4n) is 1.65. The van der Waals surface area contributed by atoms with Gasteiger partial charge in [0.2, 0.25) is 0 Å². The number of benzene rings is 1. The molecule has 84 valence electrons. The second-order valence-electron chi connectivity index (χ2n) is 4.37. The Morgan fingerprint density at radius 2 is 1.60 bits per heavy atom. The molecule has 1 rings (SSSR count). The fraction of sp³-hybridized carbons (Fsp3) is 0.500. The van der Waals surface area contributed by atoms with E-state index in [-0.39, 0.29) is 23.3 Å². The first-order valence-corrected chi connectivity index (χ1v) is 5.89. The average molecular weight is 273 g/mol. The monoisotopic (exact) mass is 272 g/mol. The number of halogens is 1. The van der Waals surface area contributed by atoms with E-state index in [1.807, 2.05) is 27.7 Å². The molecule has 0 aliphatic rings. The molecule has 0 spiro atoms. The van der Waals surface area contributed by atoms with Crippen LogP contribution in [-0.4, -0.2) is 10.2 Å². The smallest absolute Gasteiger partial charge is 0.133 e. The molecule has 2 N–H and O–H groups in total. The van der Waals surface area contributed by atoms with Gasteiger partial charge in [-0.05, 0) is 33.8 Å².